The molecule has 0 atom stereocenters. The van der Waals surface area contributed by atoms with Crippen LogP contribution in [-0.2, 0) is 0 Å². The lowest BCUT2D eigenvalue weighted by atomic mass is 10.2. The number of hydrogen-bond donors (Lipinski definition) is 2. The average Bonchev–Trinajstić information content (AvgIpc) is 2.41. The fourth-order valence-electron chi connectivity index (χ4n) is 1.60. The topological polar surface area (TPSA) is 77.2 Å². The van der Waals surface area contributed by atoms with Crippen molar-refractivity contribution in [3.8, 4) is 5.75 Å². The summed E-state index contributed by atoms with van der Waals surface area (Å²) in [6.45, 7) is 0. The van der Waals surface area contributed by atoms with E-state index in [1.165, 1.54) is 13.3 Å². The molecule has 3 N–H and O–H groups in total. The minimum atomic E-state index is -0.392. The normalized spacial score (nSPS) is 10.2. The number of rotatable bonds is 3. The number of nitrogen functional groups attached to an aromatic ring is 1. The summed E-state index contributed by atoms with van der Waals surface area (Å²) < 4.78 is 5.82. The number of nitrogens with one attached hydrogen (secondary N) is 1. The molecule has 104 valence electrons. The fourth-order valence-corrected chi connectivity index (χ4v) is 2.10. The molecule has 0 aliphatic rings. The molecule has 2 aromatic rings. The Hall–Kier alpha value is -1.79. The molecule has 1 aromatic carbocycles. The van der Waals surface area contributed by atoms with Crippen LogP contribution in [0.1, 0.15) is 10.4 Å². The van der Waals surface area contributed by atoms with Gasteiger partial charge in [0.2, 0.25) is 0 Å². The number of halogens is 2. The predicted molar refractivity (Wildman–Crippen MR) is 82.3 cm³/mol. The van der Waals surface area contributed by atoms with E-state index in [-0.39, 0.29) is 11.4 Å². The van der Waals surface area contributed by atoms with E-state index in [1.807, 2.05) is 0 Å². The van der Waals surface area contributed by atoms with Crippen LogP contribution in [0.2, 0.25) is 5.02 Å². The lowest BCUT2D eigenvalue weighted by Crippen LogP contribution is -2.15. The van der Waals surface area contributed by atoms with Gasteiger partial charge in [-0.15, -0.1) is 0 Å². The molecule has 5 nitrogen and oxygen atoms in total. The van der Waals surface area contributed by atoms with Crippen molar-refractivity contribution in [2.75, 3.05) is 18.2 Å². The van der Waals surface area contributed by atoms with Crippen LogP contribution < -0.4 is 15.8 Å². The number of anilines is 2. The Morgan fingerprint density at radius 2 is 2.20 bits per heavy atom. The molecule has 1 heterocycles. The van der Waals surface area contributed by atoms with E-state index < -0.39 is 5.91 Å². The number of amides is 1. The third-order valence-corrected chi connectivity index (χ3v) is 3.21. The van der Waals surface area contributed by atoms with Gasteiger partial charge in [0.25, 0.3) is 5.91 Å². The lowest BCUT2D eigenvalue weighted by Gasteiger charge is -2.11. The molecular formula is C13H11BrClN3O2. The first-order valence-corrected chi connectivity index (χ1v) is 6.74. The molecule has 0 saturated carbocycles. The van der Waals surface area contributed by atoms with Gasteiger partial charge in [-0.1, -0.05) is 11.6 Å². The van der Waals surface area contributed by atoms with Crippen LogP contribution in [0.5, 0.6) is 5.75 Å². The van der Waals surface area contributed by atoms with E-state index in [2.05, 4.69) is 26.2 Å². The Morgan fingerprint density at radius 3 is 2.90 bits per heavy atom. The monoisotopic (exact) mass is 355 g/mol. The van der Waals surface area contributed by atoms with E-state index in [1.54, 1.807) is 24.3 Å². The number of nitrogens with two attached hydrogens (primary N) is 1. The van der Waals surface area contributed by atoms with Crippen molar-refractivity contribution >= 4 is 44.9 Å². The minimum Gasteiger partial charge on any atom is -0.495 e. The number of carbonyl (C=O) groups is 1. The molecule has 0 aliphatic heterocycles. The molecule has 0 unspecified atom stereocenters. The molecule has 0 fully saturated rings. The van der Waals surface area contributed by atoms with E-state index in [4.69, 9.17) is 22.1 Å². The predicted octanol–water partition coefficient (Wildman–Crippen LogP) is 3.34. The maximum Gasteiger partial charge on any atom is 0.259 e. The minimum absolute atomic E-state index is 0.145. The SMILES string of the molecule is COc1ccc(Cl)cc1NC(=O)c1cc(Br)cnc1N. The van der Waals surface area contributed by atoms with Crippen LogP contribution in [0.25, 0.3) is 0 Å². The van der Waals surface area contributed by atoms with Crippen molar-refractivity contribution < 1.29 is 9.53 Å². The molecule has 0 radical (unpaired) electrons. The molecule has 20 heavy (non-hydrogen) atoms. The summed E-state index contributed by atoms with van der Waals surface area (Å²) in [5.41, 5.74) is 6.42. The van der Waals surface area contributed by atoms with Crippen LogP contribution in [0.15, 0.2) is 34.9 Å². The first-order chi connectivity index (χ1) is 9.51. The third kappa shape index (κ3) is 3.20. The van der Waals surface area contributed by atoms with Crippen LogP contribution in [0, 0.1) is 0 Å². The van der Waals surface area contributed by atoms with Gasteiger partial charge in [0.05, 0.1) is 18.4 Å². The Bertz CT molecular complexity index is 664. The number of methoxy groups -OCH3 is 1. The van der Waals surface area contributed by atoms with Gasteiger partial charge in [0.15, 0.2) is 0 Å². The number of aromatic nitrogens is 1. The molecule has 0 bridgehead atoms. The maximum absolute atomic E-state index is 12.2. The molecular weight excluding hydrogens is 346 g/mol. The Kier molecular flexibility index (Phi) is 4.46. The number of carbonyl (C=O) groups excluding carboxylic acids is 1. The average molecular weight is 357 g/mol. The van der Waals surface area contributed by atoms with Gasteiger partial charge in [0, 0.05) is 15.7 Å². The number of ether oxygens (including phenoxy) is 1. The molecule has 7 heteroatoms. The lowest BCUT2D eigenvalue weighted by molar-refractivity contribution is 0.102. The molecule has 0 aliphatic carbocycles. The number of nitrogens with zero attached hydrogens (tertiary/aromatic N) is 1. The summed E-state index contributed by atoms with van der Waals surface area (Å²) >= 11 is 9.15. The summed E-state index contributed by atoms with van der Waals surface area (Å²) in [5.74, 6) is 0.257. The Morgan fingerprint density at radius 1 is 1.45 bits per heavy atom. The summed E-state index contributed by atoms with van der Waals surface area (Å²) in [6.07, 6.45) is 1.52. The highest BCUT2D eigenvalue weighted by atomic mass is 79.9. The van der Waals surface area contributed by atoms with Gasteiger partial charge in [0.1, 0.15) is 11.6 Å². The number of benzene rings is 1. The van der Waals surface area contributed by atoms with Crippen LogP contribution in [0.4, 0.5) is 11.5 Å². The third-order valence-electron chi connectivity index (χ3n) is 2.54. The van der Waals surface area contributed by atoms with Crippen molar-refractivity contribution in [1.29, 1.82) is 0 Å². The molecule has 0 saturated heterocycles. The first-order valence-electron chi connectivity index (χ1n) is 5.57. The van der Waals surface area contributed by atoms with Crippen molar-refractivity contribution in [2.24, 2.45) is 0 Å². The Labute approximate surface area is 129 Å². The second-order valence-corrected chi connectivity index (χ2v) is 5.24. The van der Waals surface area contributed by atoms with Gasteiger partial charge in [-0.2, -0.15) is 0 Å². The van der Waals surface area contributed by atoms with E-state index >= 15 is 0 Å². The van der Waals surface area contributed by atoms with E-state index in [0.717, 1.165) is 0 Å². The number of pyridine rings is 1. The highest BCUT2D eigenvalue weighted by Crippen LogP contribution is 2.28. The zero-order valence-electron chi connectivity index (χ0n) is 10.5. The Balaban J connectivity index is 2.32. The maximum atomic E-state index is 12.2. The van der Waals surface area contributed by atoms with Crippen molar-refractivity contribution in [3.05, 3.63) is 45.5 Å². The van der Waals surface area contributed by atoms with E-state index in [0.29, 0.717) is 20.9 Å². The molecule has 2 rings (SSSR count). The van der Waals surface area contributed by atoms with Crippen molar-refractivity contribution in [1.82, 2.24) is 4.98 Å². The largest absolute Gasteiger partial charge is 0.495 e. The van der Waals surface area contributed by atoms with Gasteiger partial charge >= 0.3 is 0 Å². The van der Waals surface area contributed by atoms with Crippen LogP contribution in [-0.4, -0.2) is 18.0 Å². The standard InChI is InChI=1S/C13H11BrClN3O2/c1-20-11-3-2-8(15)5-10(11)18-13(19)9-4-7(14)6-17-12(9)16/h2-6H,1H3,(H2,16,17)(H,18,19). The summed E-state index contributed by atoms with van der Waals surface area (Å²) in [5, 5.41) is 3.18. The molecule has 1 aromatic heterocycles. The smallest absolute Gasteiger partial charge is 0.259 e. The summed E-state index contributed by atoms with van der Waals surface area (Å²) in [6, 6.07) is 6.53. The van der Waals surface area contributed by atoms with Gasteiger partial charge < -0.3 is 15.8 Å². The highest BCUT2D eigenvalue weighted by Gasteiger charge is 2.14. The number of hydrogen-bond acceptors (Lipinski definition) is 4. The summed E-state index contributed by atoms with van der Waals surface area (Å²) in [4.78, 5) is 16.1. The van der Waals surface area contributed by atoms with Gasteiger partial charge in [-0.25, -0.2) is 4.98 Å². The second kappa shape index (κ2) is 6.11. The first kappa shape index (κ1) is 14.6. The molecule has 0 spiro atoms. The second-order valence-electron chi connectivity index (χ2n) is 3.89. The molecule has 1 amide bonds. The zero-order valence-corrected chi connectivity index (χ0v) is 12.8. The highest BCUT2D eigenvalue weighted by molar-refractivity contribution is 9.10. The van der Waals surface area contributed by atoms with Crippen LogP contribution >= 0.6 is 27.5 Å². The van der Waals surface area contributed by atoms with Crippen molar-refractivity contribution in [3.63, 3.8) is 0 Å². The quantitative estimate of drug-likeness (QED) is 0.884. The fraction of sp³-hybridized carbons (Fsp3) is 0.0769. The van der Waals surface area contributed by atoms with Crippen molar-refractivity contribution in [2.45, 2.75) is 0 Å². The summed E-state index contributed by atoms with van der Waals surface area (Å²) in [7, 11) is 1.51. The van der Waals surface area contributed by atoms with Crippen LogP contribution in [0.3, 0.4) is 0 Å². The van der Waals surface area contributed by atoms with E-state index in [9.17, 15) is 4.79 Å². The zero-order chi connectivity index (χ0) is 14.7. The van der Waals surface area contributed by atoms with Gasteiger partial charge in [-0.3, -0.25) is 4.79 Å². The van der Waals surface area contributed by atoms with Gasteiger partial charge in [-0.05, 0) is 40.2 Å².